The Bertz CT molecular complexity index is 1040. The summed E-state index contributed by atoms with van der Waals surface area (Å²) in [6.07, 6.45) is -0.0549. The van der Waals surface area contributed by atoms with Crippen LogP contribution in [-0.4, -0.2) is 46.9 Å². The summed E-state index contributed by atoms with van der Waals surface area (Å²) in [6.45, 7) is 3.10. The average molecular weight is 382 g/mol. The van der Waals surface area contributed by atoms with Gasteiger partial charge in [0, 0.05) is 25.4 Å². The summed E-state index contributed by atoms with van der Waals surface area (Å²) < 4.78 is 5.82. The minimum Gasteiger partial charge on any atom is -0.480 e. The molecule has 3 rings (SSSR count). The van der Waals surface area contributed by atoms with Crippen molar-refractivity contribution in [3.63, 3.8) is 0 Å². The lowest BCUT2D eigenvalue weighted by Crippen LogP contribution is -2.47. The van der Waals surface area contributed by atoms with E-state index in [1.165, 1.54) is 18.7 Å². The molecule has 0 saturated heterocycles. The highest BCUT2D eigenvalue weighted by molar-refractivity contribution is 6.06. The Hall–Kier alpha value is -3.35. The first-order chi connectivity index (χ1) is 13.4. The van der Waals surface area contributed by atoms with Gasteiger partial charge in [-0.2, -0.15) is 0 Å². The lowest BCUT2D eigenvalue weighted by atomic mass is 10.1. The molecule has 2 amide bonds. The highest BCUT2D eigenvalue weighted by Crippen LogP contribution is 2.28. The zero-order valence-electron chi connectivity index (χ0n) is 15.8. The summed E-state index contributed by atoms with van der Waals surface area (Å²) in [4.78, 5) is 36.4. The van der Waals surface area contributed by atoms with E-state index in [4.69, 9.17) is 4.42 Å². The number of hydrogen-bond donors (Lipinski definition) is 2. The molecular weight excluding hydrogens is 360 g/mol. The van der Waals surface area contributed by atoms with E-state index in [0.29, 0.717) is 11.3 Å². The summed E-state index contributed by atoms with van der Waals surface area (Å²) in [5, 5.41) is 14.9. The quantitative estimate of drug-likeness (QED) is 0.654. The van der Waals surface area contributed by atoms with Gasteiger partial charge in [-0.25, -0.2) is 4.79 Å². The van der Waals surface area contributed by atoms with Gasteiger partial charge in [0.15, 0.2) is 0 Å². The summed E-state index contributed by atoms with van der Waals surface area (Å²) in [5.41, 5.74) is 0.678. The molecule has 7 nitrogen and oxygen atoms in total. The fourth-order valence-corrected chi connectivity index (χ4v) is 3.20. The molecule has 146 valence electrons. The van der Waals surface area contributed by atoms with Crippen molar-refractivity contribution < 1.29 is 23.9 Å². The number of rotatable bonds is 7. The predicted octanol–water partition coefficient (Wildman–Crippen LogP) is 2.57. The fraction of sp³-hybridized carbons (Fsp3) is 0.286. The number of hydrogen-bond acceptors (Lipinski definition) is 4. The third-order valence-electron chi connectivity index (χ3n) is 4.67. The van der Waals surface area contributed by atoms with Crippen LogP contribution in [0.5, 0.6) is 0 Å². The van der Waals surface area contributed by atoms with Crippen LogP contribution in [0.25, 0.3) is 21.7 Å². The monoisotopic (exact) mass is 382 g/mol. The van der Waals surface area contributed by atoms with Crippen molar-refractivity contribution in [1.29, 1.82) is 0 Å². The molecule has 1 atom stereocenters. The van der Waals surface area contributed by atoms with Crippen molar-refractivity contribution in [2.45, 2.75) is 26.3 Å². The third-order valence-corrected chi connectivity index (χ3v) is 4.67. The van der Waals surface area contributed by atoms with Crippen LogP contribution < -0.4 is 5.32 Å². The number of benzene rings is 2. The van der Waals surface area contributed by atoms with E-state index in [1.807, 2.05) is 42.5 Å². The van der Waals surface area contributed by atoms with Crippen LogP contribution in [0.15, 0.2) is 46.9 Å². The van der Waals surface area contributed by atoms with Crippen molar-refractivity contribution in [1.82, 2.24) is 10.2 Å². The van der Waals surface area contributed by atoms with Gasteiger partial charge in [0.25, 0.3) is 0 Å². The molecule has 0 bridgehead atoms. The van der Waals surface area contributed by atoms with Crippen molar-refractivity contribution in [2.24, 2.45) is 0 Å². The van der Waals surface area contributed by atoms with Gasteiger partial charge in [0.1, 0.15) is 17.4 Å². The molecule has 1 aromatic heterocycles. The second-order valence-corrected chi connectivity index (χ2v) is 6.67. The fourth-order valence-electron chi connectivity index (χ4n) is 3.20. The van der Waals surface area contributed by atoms with Crippen molar-refractivity contribution in [3.8, 4) is 0 Å². The molecule has 0 radical (unpaired) electrons. The molecule has 1 unspecified atom stereocenters. The minimum atomic E-state index is -1.10. The van der Waals surface area contributed by atoms with Gasteiger partial charge in [-0.3, -0.25) is 9.59 Å². The summed E-state index contributed by atoms with van der Waals surface area (Å²) in [5.74, 6) is -1.24. The molecular formula is C21H22N2O5. The summed E-state index contributed by atoms with van der Waals surface area (Å²) >= 11 is 0. The van der Waals surface area contributed by atoms with Crippen LogP contribution >= 0.6 is 0 Å². The van der Waals surface area contributed by atoms with E-state index in [2.05, 4.69) is 5.32 Å². The zero-order valence-corrected chi connectivity index (χ0v) is 15.8. The highest BCUT2D eigenvalue weighted by Gasteiger charge is 2.26. The number of aliphatic carboxylic acids is 1. The SMILES string of the molecule is CC(=O)NCCN(C(=O)Cc1cc2c(ccc3ccccc32)o1)C(C)C(=O)O. The van der Waals surface area contributed by atoms with E-state index >= 15 is 0 Å². The maximum atomic E-state index is 12.8. The van der Waals surface area contributed by atoms with Crippen LogP contribution in [0, 0.1) is 0 Å². The van der Waals surface area contributed by atoms with Gasteiger partial charge < -0.3 is 19.7 Å². The number of carboxylic acids is 1. The van der Waals surface area contributed by atoms with Crippen LogP contribution in [0.3, 0.4) is 0 Å². The van der Waals surface area contributed by atoms with Crippen LogP contribution in [0.4, 0.5) is 0 Å². The first-order valence-corrected chi connectivity index (χ1v) is 9.03. The van der Waals surface area contributed by atoms with E-state index < -0.39 is 12.0 Å². The number of carbonyl (C=O) groups excluding carboxylic acids is 2. The molecule has 1 heterocycles. The number of carboxylic acid groups (broad SMARTS) is 1. The molecule has 7 heteroatoms. The maximum absolute atomic E-state index is 12.8. The average Bonchev–Trinajstić information content (AvgIpc) is 3.07. The Morgan fingerprint density at radius 3 is 2.61 bits per heavy atom. The predicted molar refractivity (Wildman–Crippen MR) is 105 cm³/mol. The Morgan fingerprint density at radius 1 is 1.14 bits per heavy atom. The van der Waals surface area contributed by atoms with E-state index in [1.54, 1.807) is 0 Å². The zero-order chi connectivity index (χ0) is 20.3. The van der Waals surface area contributed by atoms with Gasteiger partial charge in [0.05, 0.1) is 6.42 Å². The lowest BCUT2D eigenvalue weighted by Gasteiger charge is -2.26. The number of furan rings is 1. The molecule has 0 aliphatic carbocycles. The first kappa shape index (κ1) is 19.4. The van der Waals surface area contributed by atoms with Crippen LogP contribution in [-0.2, 0) is 20.8 Å². The van der Waals surface area contributed by atoms with Crippen molar-refractivity contribution >= 4 is 39.5 Å². The number of carbonyl (C=O) groups is 3. The van der Waals surface area contributed by atoms with Crippen LogP contribution in [0.1, 0.15) is 19.6 Å². The Kier molecular flexibility index (Phi) is 5.63. The molecule has 0 spiro atoms. The molecule has 3 aromatic rings. The lowest BCUT2D eigenvalue weighted by molar-refractivity contribution is -0.149. The third kappa shape index (κ3) is 4.14. The number of fused-ring (bicyclic) bond motifs is 3. The van der Waals surface area contributed by atoms with Gasteiger partial charge in [-0.1, -0.05) is 30.3 Å². The molecule has 0 aliphatic heterocycles. The number of amides is 2. The number of nitrogens with one attached hydrogen (secondary N) is 1. The highest BCUT2D eigenvalue weighted by atomic mass is 16.4. The second-order valence-electron chi connectivity index (χ2n) is 6.67. The standard InChI is InChI=1S/C21H22N2O5/c1-13(21(26)27)23(10-9-22-14(2)24)20(25)12-16-11-18-17-6-4-3-5-15(17)7-8-19(18)28-16/h3-8,11,13H,9-10,12H2,1-2H3,(H,22,24)(H,26,27). The van der Waals surface area contributed by atoms with Crippen molar-refractivity contribution in [2.75, 3.05) is 13.1 Å². The molecule has 2 N–H and O–H groups in total. The summed E-state index contributed by atoms with van der Waals surface area (Å²) in [7, 11) is 0. The minimum absolute atomic E-state index is 0.0549. The Labute approximate surface area is 161 Å². The van der Waals surface area contributed by atoms with Crippen molar-refractivity contribution in [3.05, 3.63) is 48.2 Å². The smallest absolute Gasteiger partial charge is 0.326 e. The number of nitrogens with zero attached hydrogens (tertiary/aromatic N) is 1. The second kappa shape index (κ2) is 8.12. The van der Waals surface area contributed by atoms with Gasteiger partial charge in [-0.15, -0.1) is 0 Å². The molecule has 2 aromatic carbocycles. The van der Waals surface area contributed by atoms with Gasteiger partial charge in [0.2, 0.25) is 11.8 Å². The molecule has 0 saturated carbocycles. The van der Waals surface area contributed by atoms with E-state index in [0.717, 1.165) is 16.2 Å². The van der Waals surface area contributed by atoms with Gasteiger partial charge >= 0.3 is 5.97 Å². The van der Waals surface area contributed by atoms with E-state index in [9.17, 15) is 19.5 Å². The molecule has 0 aliphatic rings. The Morgan fingerprint density at radius 2 is 1.89 bits per heavy atom. The molecule has 0 fully saturated rings. The normalized spacial score (nSPS) is 12.1. The molecule has 28 heavy (non-hydrogen) atoms. The van der Waals surface area contributed by atoms with Gasteiger partial charge in [-0.05, 0) is 29.8 Å². The summed E-state index contributed by atoms with van der Waals surface area (Å²) in [6, 6.07) is 12.5. The Balaban J connectivity index is 1.82. The first-order valence-electron chi connectivity index (χ1n) is 9.03. The topological polar surface area (TPSA) is 99.9 Å². The van der Waals surface area contributed by atoms with E-state index in [-0.39, 0.29) is 31.3 Å². The van der Waals surface area contributed by atoms with Crippen LogP contribution in [0.2, 0.25) is 0 Å². The maximum Gasteiger partial charge on any atom is 0.326 e. The largest absolute Gasteiger partial charge is 0.480 e.